The lowest BCUT2D eigenvalue weighted by atomic mass is 9.94. The lowest BCUT2D eigenvalue weighted by Crippen LogP contribution is -2.29. The van der Waals surface area contributed by atoms with Gasteiger partial charge in [-0.2, -0.15) is 0 Å². The summed E-state index contributed by atoms with van der Waals surface area (Å²) < 4.78 is 11.1. The van der Waals surface area contributed by atoms with E-state index in [-0.39, 0.29) is 17.9 Å². The Morgan fingerprint density at radius 2 is 1.85 bits per heavy atom. The van der Waals surface area contributed by atoms with E-state index in [1.807, 2.05) is 31.2 Å². The number of nitrogens with zero attached hydrogens (tertiary/aromatic N) is 1. The Bertz CT molecular complexity index is 1160. The van der Waals surface area contributed by atoms with E-state index in [0.29, 0.717) is 23.7 Å². The first kappa shape index (κ1) is 22.4. The van der Waals surface area contributed by atoms with Crippen molar-refractivity contribution in [3.8, 4) is 5.75 Å². The number of rotatable bonds is 8. The van der Waals surface area contributed by atoms with Crippen LogP contribution in [0.2, 0.25) is 0 Å². The Morgan fingerprint density at radius 1 is 1.06 bits per heavy atom. The molecule has 0 saturated carbocycles. The first-order valence-electron chi connectivity index (χ1n) is 11.2. The van der Waals surface area contributed by atoms with Crippen LogP contribution in [0.5, 0.6) is 5.75 Å². The van der Waals surface area contributed by atoms with Crippen LogP contribution in [0.3, 0.4) is 0 Å². The van der Waals surface area contributed by atoms with Gasteiger partial charge in [-0.3, -0.25) is 9.59 Å². The quantitative estimate of drug-likeness (QED) is 0.291. The van der Waals surface area contributed by atoms with Crippen LogP contribution in [-0.4, -0.2) is 28.3 Å². The number of Topliss-reactive ketones (excluding diaryl/α,β-unsaturated/α-hetero) is 1. The van der Waals surface area contributed by atoms with Gasteiger partial charge in [0, 0.05) is 5.56 Å². The summed E-state index contributed by atoms with van der Waals surface area (Å²) in [6.07, 6.45) is 3.25. The van der Waals surface area contributed by atoms with Gasteiger partial charge in [-0.15, -0.1) is 0 Å². The molecule has 1 fully saturated rings. The molecule has 0 aliphatic carbocycles. The molecule has 1 atom stereocenters. The number of benzene rings is 2. The summed E-state index contributed by atoms with van der Waals surface area (Å²) in [4.78, 5) is 27.7. The standard InChI is InChI=1S/C27H27NO5/c1-3-14-32-21-8-5-7-20(16-21)25(29)23-24(19-12-10-18(4-2)11-13-19)28(27(31)26(23)30)17-22-9-6-15-33-22/h5-13,15-16,24,29H,3-4,14,17H2,1-2H3/b25-23+. The van der Waals surface area contributed by atoms with Crippen LogP contribution < -0.4 is 4.74 Å². The van der Waals surface area contributed by atoms with E-state index in [9.17, 15) is 14.7 Å². The molecule has 6 nitrogen and oxygen atoms in total. The number of amides is 1. The fraction of sp³-hybridized carbons (Fsp3) is 0.259. The largest absolute Gasteiger partial charge is 0.507 e. The first-order valence-corrected chi connectivity index (χ1v) is 11.2. The Kier molecular flexibility index (Phi) is 6.63. The zero-order valence-electron chi connectivity index (χ0n) is 18.8. The number of aliphatic hydroxyl groups excluding tert-OH is 1. The molecule has 2 heterocycles. The van der Waals surface area contributed by atoms with Gasteiger partial charge in [0.1, 0.15) is 17.3 Å². The minimum Gasteiger partial charge on any atom is -0.507 e. The lowest BCUT2D eigenvalue weighted by Gasteiger charge is -2.24. The zero-order chi connectivity index (χ0) is 23.4. The number of furan rings is 1. The predicted octanol–water partition coefficient (Wildman–Crippen LogP) is 5.25. The average Bonchev–Trinajstić information content (AvgIpc) is 3.45. The summed E-state index contributed by atoms with van der Waals surface area (Å²) in [6, 6.07) is 17.4. The van der Waals surface area contributed by atoms with Gasteiger partial charge in [-0.1, -0.05) is 50.2 Å². The molecular formula is C27H27NO5. The monoisotopic (exact) mass is 445 g/mol. The van der Waals surface area contributed by atoms with Crippen molar-refractivity contribution >= 4 is 17.4 Å². The van der Waals surface area contributed by atoms with Gasteiger partial charge in [0.25, 0.3) is 11.7 Å². The van der Waals surface area contributed by atoms with E-state index in [1.54, 1.807) is 36.4 Å². The second-order valence-corrected chi connectivity index (χ2v) is 7.98. The van der Waals surface area contributed by atoms with Gasteiger partial charge in [-0.25, -0.2) is 0 Å². The SMILES string of the molecule is CCCOc1cccc(/C(O)=C2\C(=O)C(=O)N(Cc3ccco3)C2c2ccc(CC)cc2)c1. The highest BCUT2D eigenvalue weighted by Gasteiger charge is 2.46. The number of carbonyl (C=O) groups excluding carboxylic acids is 2. The molecule has 1 unspecified atom stereocenters. The number of carbonyl (C=O) groups is 2. The van der Waals surface area contributed by atoms with Crippen LogP contribution in [0.15, 0.2) is 76.9 Å². The van der Waals surface area contributed by atoms with E-state index in [4.69, 9.17) is 9.15 Å². The summed E-state index contributed by atoms with van der Waals surface area (Å²) in [7, 11) is 0. The molecular weight excluding hydrogens is 418 g/mol. The van der Waals surface area contributed by atoms with Crippen molar-refractivity contribution < 1.29 is 23.8 Å². The molecule has 0 spiro atoms. The number of aliphatic hydroxyl groups is 1. The average molecular weight is 446 g/mol. The van der Waals surface area contributed by atoms with Gasteiger partial charge >= 0.3 is 0 Å². The Morgan fingerprint density at radius 3 is 2.52 bits per heavy atom. The molecule has 1 saturated heterocycles. The molecule has 1 amide bonds. The number of hydrogen-bond donors (Lipinski definition) is 1. The molecule has 170 valence electrons. The smallest absolute Gasteiger partial charge is 0.296 e. The van der Waals surface area contributed by atoms with Gasteiger partial charge in [0.2, 0.25) is 0 Å². The lowest BCUT2D eigenvalue weighted by molar-refractivity contribution is -0.140. The van der Waals surface area contributed by atoms with Gasteiger partial charge in [0.15, 0.2) is 0 Å². The van der Waals surface area contributed by atoms with Crippen LogP contribution in [-0.2, 0) is 22.6 Å². The predicted molar refractivity (Wildman–Crippen MR) is 125 cm³/mol. The van der Waals surface area contributed by atoms with Crippen molar-refractivity contribution in [1.29, 1.82) is 0 Å². The van der Waals surface area contributed by atoms with E-state index < -0.39 is 17.7 Å². The molecule has 4 rings (SSSR count). The van der Waals surface area contributed by atoms with Gasteiger partial charge < -0.3 is 19.2 Å². The number of likely N-dealkylation sites (tertiary alicyclic amines) is 1. The molecule has 33 heavy (non-hydrogen) atoms. The maximum atomic E-state index is 13.2. The molecule has 6 heteroatoms. The fourth-order valence-electron chi connectivity index (χ4n) is 4.00. The number of ether oxygens (including phenoxy) is 1. The summed E-state index contributed by atoms with van der Waals surface area (Å²) in [5.41, 5.74) is 2.37. The second kappa shape index (κ2) is 9.77. The minimum atomic E-state index is -0.735. The van der Waals surface area contributed by atoms with Crippen molar-refractivity contribution in [1.82, 2.24) is 4.90 Å². The Balaban J connectivity index is 1.81. The molecule has 1 aliphatic rings. The van der Waals surface area contributed by atoms with Crippen LogP contribution in [0, 0.1) is 0 Å². The molecule has 0 bridgehead atoms. The number of ketones is 1. The highest BCUT2D eigenvalue weighted by Crippen LogP contribution is 2.40. The van der Waals surface area contributed by atoms with Crippen LogP contribution >= 0.6 is 0 Å². The van der Waals surface area contributed by atoms with E-state index >= 15 is 0 Å². The third kappa shape index (κ3) is 4.55. The van der Waals surface area contributed by atoms with E-state index in [0.717, 1.165) is 24.0 Å². The molecule has 2 aromatic carbocycles. The van der Waals surface area contributed by atoms with Gasteiger partial charge in [-0.05, 0) is 48.2 Å². The van der Waals surface area contributed by atoms with Crippen LogP contribution in [0.25, 0.3) is 5.76 Å². The highest BCUT2D eigenvalue weighted by molar-refractivity contribution is 6.46. The fourth-order valence-corrected chi connectivity index (χ4v) is 4.00. The number of hydrogen-bond acceptors (Lipinski definition) is 5. The summed E-state index contributed by atoms with van der Waals surface area (Å²) in [5, 5.41) is 11.2. The molecule has 1 aliphatic heterocycles. The maximum absolute atomic E-state index is 13.2. The van der Waals surface area contributed by atoms with Crippen molar-refractivity contribution in [3.63, 3.8) is 0 Å². The minimum absolute atomic E-state index is 0.0587. The summed E-state index contributed by atoms with van der Waals surface area (Å²) in [6.45, 7) is 4.73. The zero-order valence-corrected chi connectivity index (χ0v) is 18.8. The van der Waals surface area contributed by atoms with Gasteiger partial charge in [0.05, 0.1) is 31.0 Å². The maximum Gasteiger partial charge on any atom is 0.296 e. The first-order chi connectivity index (χ1) is 16.0. The normalized spacial score (nSPS) is 17.5. The van der Waals surface area contributed by atoms with Crippen molar-refractivity contribution in [2.75, 3.05) is 6.61 Å². The van der Waals surface area contributed by atoms with E-state index in [1.165, 1.54) is 11.2 Å². The Labute approximate surface area is 193 Å². The third-order valence-corrected chi connectivity index (χ3v) is 5.73. The van der Waals surface area contributed by atoms with Crippen molar-refractivity contribution in [2.45, 2.75) is 39.3 Å². The summed E-state index contributed by atoms with van der Waals surface area (Å²) >= 11 is 0. The van der Waals surface area contributed by atoms with Crippen LogP contribution in [0.1, 0.15) is 48.8 Å². The van der Waals surface area contributed by atoms with Crippen molar-refractivity contribution in [2.24, 2.45) is 0 Å². The number of aryl methyl sites for hydroxylation is 1. The molecule has 1 aromatic heterocycles. The summed E-state index contributed by atoms with van der Waals surface area (Å²) in [5.74, 6) is -0.460. The molecule has 3 aromatic rings. The molecule has 1 N–H and O–H groups in total. The van der Waals surface area contributed by atoms with E-state index in [2.05, 4.69) is 6.92 Å². The second-order valence-electron chi connectivity index (χ2n) is 7.98. The highest BCUT2D eigenvalue weighted by atomic mass is 16.5. The Hall–Kier alpha value is -3.80. The topological polar surface area (TPSA) is 80.0 Å². The molecule has 0 radical (unpaired) electrons. The van der Waals surface area contributed by atoms with Crippen molar-refractivity contribution in [3.05, 3.63) is 95.0 Å². The third-order valence-electron chi connectivity index (χ3n) is 5.73. The van der Waals surface area contributed by atoms with Crippen LogP contribution in [0.4, 0.5) is 0 Å².